The Labute approximate surface area is 157 Å². The fraction of sp³-hybridized carbons (Fsp3) is 0.250. The molecule has 0 atom stereocenters. The van der Waals surface area contributed by atoms with E-state index in [-0.39, 0.29) is 5.91 Å². The Morgan fingerprint density at radius 3 is 2.70 bits per heavy atom. The number of pyridine rings is 1. The van der Waals surface area contributed by atoms with E-state index >= 15 is 0 Å². The first-order valence-electron chi connectivity index (χ1n) is 8.49. The van der Waals surface area contributed by atoms with E-state index in [9.17, 15) is 4.79 Å². The Bertz CT molecular complexity index is 922. The highest BCUT2D eigenvalue weighted by molar-refractivity contribution is 6.00. The number of rotatable bonds is 7. The molecule has 0 spiro atoms. The molecule has 0 aliphatic rings. The van der Waals surface area contributed by atoms with Crippen molar-refractivity contribution in [2.24, 2.45) is 0 Å². The second-order valence-corrected chi connectivity index (χ2v) is 5.90. The highest BCUT2D eigenvalue weighted by Crippen LogP contribution is 2.28. The highest BCUT2D eigenvalue weighted by Gasteiger charge is 2.21. The van der Waals surface area contributed by atoms with Crippen LogP contribution in [0, 0.1) is 6.92 Å². The first-order chi connectivity index (χ1) is 13.1. The van der Waals surface area contributed by atoms with E-state index < -0.39 is 0 Å². The second kappa shape index (κ2) is 8.35. The second-order valence-electron chi connectivity index (χ2n) is 5.90. The Balaban J connectivity index is 1.68. The number of nitrogens with zero attached hydrogens (tertiary/aromatic N) is 2. The molecule has 0 bridgehead atoms. The van der Waals surface area contributed by atoms with Crippen molar-refractivity contribution in [1.82, 2.24) is 15.5 Å². The number of nitrogens with one attached hydrogen (secondary N) is 1. The van der Waals surface area contributed by atoms with E-state index in [4.69, 9.17) is 14.0 Å². The van der Waals surface area contributed by atoms with Crippen LogP contribution in [-0.2, 0) is 6.42 Å². The molecule has 0 saturated heterocycles. The number of carbonyl (C=O) groups excluding carboxylic acids is 1. The first kappa shape index (κ1) is 18.4. The zero-order chi connectivity index (χ0) is 19.2. The van der Waals surface area contributed by atoms with Crippen molar-refractivity contribution in [2.45, 2.75) is 13.3 Å². The third-order valence-corrected chi connectivity index (χ3v) is 4.17. The lowest BCUT2D eigenvalue weighted by Gasteiger charge is -2.10. The number of hydrogen-bond donors (Lipinski definition) is 1. The molecule has 7 heteroatoms. The van der Waals surface area contributed by atoms with Crippen molar-refractivity contribution in [3.05, 3.63) is 59.6 Å². The summed E-state index contributed by atoms with van der Waals surface area (Å²) in [5, 5.41) is 6.93. The van der Waals surface area contributed by atoms with Crippen LogP contribution in [-0.4, -0.2) is 36.8 Å². The van der Waals surface area contributed by atoms with Crippen molar-refractivity contribution in [1.29, 1.82) is 0 Å². The van der Waals surface area contributed by atoms with Crippen molar-refractivity contribution in [3.8, 4) is 22.8 Å². The number of methoxy groups -OCH3 is 2. The van der Waals surface area contributed by atoms with Gasteiger partial charge in [-0.2, -0.15) is 0 Å². The summed E-state index contributed by atoms with van der Waals surface area (Å²) in [7, 11) is 3.19. The van der Waals surface area contributed by atoms with Crippen molar-refractivity contribution in [3.63, 3.8) is 0 Å². The fourth-order valence-corrected chi connectivity index (χ4v) is 2.78. The predicted molar refractivity (Wildman–Crippen MR) is 100 cm³/mol. The molecule has 27 heavy (non-hydrogen) atoms. The minimum atomic E-state index is -0.229. The van der Waals surface area contributed by atoms with Crippen LogP contribution in [0.25, 0.3) is 11.3 Å². The third-order valence-electron chi connectivity index (χ3n) is 4.17. The van der Waals surface area contributed by atoms with Crippen LogP contribution in [0.1, 0.15) is 21.7 Å². The number of carbonyl (C=O) groups is 1. The van der Waals surface area contributed by atoms with Crippen LogP contribution in [0.15, 0.2) is 47.2 Å². The lowest BCUT2D eigenvalue weighted by atomic mass is 10.1. The molecule has 2 aromatic heterocycles. The fourth-order valence-electron chi connectivity index (χ4n) is 2.78. The standard InChI is InChI=1S/C20H21N3O4/c1-13-18(19(23-27-13)15-5-4-9-21-12-15)20(24)22-10-8-14-6-7-16(25-2)17(11-14)26-3/h4-7,9,11-12H,8,10H2,1-3H3,(H,22,24). The largest absolute Gasteiger partial charge is 0.493 e. The van der Waals surface area contributed by atoms with E-state index in [2.05, 4.69) is 15.5 Å². The molecule has 0 saturated carbocycles. The van der Waals surface area contributed by atoms with Gasteiger partial charge in [-0.1, -0.05) is 11.2 Å². The predicted octanol–water partition coefficient (Wildman–Crippen LogP) is 3.03. The summed E-state index contributed by atoms with van der Waals surface area (Å²) in [5.41, 5.74) is 2.68. The van der Waals surface area contributed by atoms with E-state index in [0.29, 0.717) is 41.5 Å². The number of ether oxygens (including phenoxy) is 2. The van der Waals surface area contributed by atoms with Gasteiger partial charge in [0.05, 0.1) is 14.2 Å². The number of hydrogen-bond acceptors (Lipinski definition) is 6. The van der Waals surface area contributed by atoms with Gasteiger partial charge in [0.1, 0.15) is 17.0 Å². The SMILES string of the molecule is COc1ccc(CCNC(=O)c2c(-c3cccnc3)noc2C)cc1OC. The minimum absolute atomic E-state index is 0.229. The smallest absolute Gasteiger partial charge is 0.257 e. The number of benzene rings is 1. The lowest BCUT2D eigenvalue weighted by molar-refractivity contribution is 0.0953. The van der Waals surface area contributed by atoms with Crippen molar-refractivity contribution >= 4 is 5.91 Å². The zero-order valence-corrected chi connectivity index (χ0v) is 15.5. The van der Waals surface area contributed by atoms with E-state index in [1.807, 2.05) is 24.3 Å². The van der Waals surface area contributed by atoms with Crippen LogP contribution < -0.4 is 14.8 Å². The Morgan fingerprint density at radius 2 is 2.00 bits per heavy atom. The summed E-state index contributed by atoms with van der Waals surface area (Å²) < 4.78 is 15.8. The Hall–Kier alpha value is -3.35. The first-order valence-corrected chi connectivity index (χ1v) is 8.49. The third kappa shape index (κ3) is 4.08. The maximum absolute atomic E-state index is 12.7. The van der Waals surface area contributed by atoms with Crippen molar-refractivity contribution < 1.29 is 18.8 Å². The number of aryl methyl sites for hydroxylation is 1. The number of amides is 1. The minimum Gasteiger partial charge on any atom is -0.493 e. The van der Waals surface area contributed by atoms with Gasteiger partial charge >= 0.3 is 0 Å². The van der Waals surface area contributed by atoms with Gasteiger partial charge in [0.2, 0.25) is 0 Å². The number of aromatic nitrogens is 2. The van der Waals surface area contributed by atoms with Gasteiger partial charge < -0.3 is 19.3 Å². The monoisotopic (exact) mass is 367 g/mol. The maximum atomic E-state index is 12.7. The van der Waals surface area contributed by atoms with Gasteiger partial charge in [0.25, 0.3) is 5.91 Å². The molecule has 0 radical (unpaired) electrons. The lowest BCUT2D eigenvalue weighted by Crippen LogP contribution is -2.26. The zero-order valence-electron chi connectivity index (χ0n) is 15.5. The summed E-state index contributed by atoms with van der Waals surface area (Å²) in [5.74, 6) is 1.58. The van der Waals surface area contributed by atoms with E-state index in [1.54, 1.807) is 39.6 Å². The average Bonchev–Trinajstić information content (AvgIpc) is 3.10. The molecule has 7 nitrogen and oxygen atoms in total. The molecule has 0 aliphatic carbocycles. The van der Waals surface area contributed by atoms with Crippen LogP contribution in [0.3, 0.4) is 0 Å². The molecule has 0 unspecified atom stereocenters. The molecule has 140 valence electrons. The summed E-state index contributed by atoms with van der Waals surface area (Å²) in [6.45, 7) is 2.18. The van der Waals surface area contributed by atoms with E-state index in [1.165, 1.54) is 0 Å². The topological polar surface area (TPSA) is 86.5 Å². The van der Waals surface area contributed by atoms with Crippen LogP contribution >= 0.6 is 0 Å². The molecular weight excluding hydrogens is 346 g/mol. The van der Waals surface area contributed by atoms with Gasteiger partial charge in [-0.3, -0.25) is 9.78 Å². The van der Waals surface area contributed by atoms with Crippen molar-refractivity contribution in [2.75, 3.05) is 20.8 Å². The summed E-state index contributed by atoms with van der Waals surface area (Å²) in [4.78, 5) is 16.7. The Kier molecular flexibility index (Phi) is 5.71. The summed E-state index contributed by atoms with van der Waals surface area (Å²) >= 11 is 0. The molecule has 0 fully saturated rings. The van der Waals surface area contributed by atoms with Crippen LogP contribution in [0.5, 0.6) is 11.5 Å². The summed E-state index contributed by atoms with van der Waals surface area (Å²) in [6, 6.07) is 9.32. The highest BCUT2D eigenvalue weighted by atomic mass is 16.5. The normalized spacial score (nSPS) is 10.5. The molecule has 3 rings (SSSR count). The molecule has 1 aromatic carbocycles. The maximum Gasteiger partial charge on any atom is 0.257 e. The summed E-state index contributed by atoms with van der Waals surface area (Å²) in [6.07, 6.45) is 3.97. The van der Waals surface area contributed by atoms with Gasteiger partial charge in [-0.25, -0.2) is 0 Å². The molecule has 1 amide bonds. The molecule has 3 aromatic rings. The average molecular weight is 367 g/mol. The van der Waals surface area contributed by atoms with Gasteiger partial charge in [0, 0.05) is 24.5 Å². The molecule has 2 heterocycles. The van der Waals surface area contributed by atoms with Gasteiger partial charge in [-0.05, 0) is 43.2 Å². The molecular formula is C20H21N3O4. The van der Waals surface area contributed by atoms with Gasteiger partial charge in [-0.15, -0.1) is 0 Å². The quantitative estimate of drug-likeness (QED) is 0.691. The van der Waals surface area contributed by atoms with E-state index in [0.717, 1.165) is 11.1 Å². The Morgan fingerprint density at radius 1 is 1.19 bits per heavy atom. The molecule has 1 N–H and O–H groups in total. The van der Waals surface area contributed by atoms with Crippen LogP contribution in [0.4, 0.5) is 0 Å². The molecule has 0 aliphatic heterocycles. The van der Waals surface area contributed by atoms with Gasteiger partial charge in [0.15, 0.2) is 11.5 Å². The van der Waals surface area contributed by atoms with Crippen LogP contribution in [0.2, 0.25) is 0 Å².